The Morgan fingerprint density at radius 1 is 1.50 bits per heavy atom. The zero-order valence-corrected chi connectivity index (χ0v) is 13.7. The summed E-state index contributed by atoms with van der Waals surface area (Å²) in [4.78, 5) is 0. The van der Waals surface area contributed by atoms with Crippen molar-refractivity contribution >= 4 is 33.8 Å². The summed E-state index contributed by atoms with van der Waals surface area (Å²) in [5, 5.41) is 4.40. The van der Waals surface area contributed by atoms with E-state index in [2.05, 4.69) is 10.4 Å². The van der Waals surface area contributed by atoms with Gasteiger partial charge in [0.25, 0.3) is 0 Å². The molecule has 1 N–H and O–H groups in total. The summed E-state index contributed by atoms with van der Waals surface area (Å²) < 4.78 is 41.0. The molecule has 1 saturated heterocycles. The first-order valence-electron chi connectivity index (χ1n) is 6.10. The number of hydrogen-bond acceptors (Lipinski definition) is 4. The molecule has 1 aliphatic rings. The van der Waals surface area contributed by atoms with Crippen LogP contribution in [0.25, 0.3) is 0 Å². The normalized spacial score (nSPS) is 20.2. The zero-order valence-electron chi connectivity index (χ0n) is 11.3. The van der Waals surface area contributed by atoms with E-state index in [1.54, 1.807) is 0 Å². The molecule has 0 aliphatic carbocycles. The van der Waals surface area contributed by atoms with Gasteiger partial charge in [-0.05, 0) is 32.9 Å². The van der Waals surface area contributed by atoms with Crippen molar-refractivity contribution in [1.29, 1.82) is 0 Å². The van der Waals surface area contributed by atoms with Crippen molar-refractivity contribution in [2.75, 3.05) is 13.1 Å². The largest absolute Gasteiger partial charge is 0.317 e. The fourth-order valence-electron chi connectivity index (χ4n) is 2.43. The maximum Gasteiger partial charge on any atom is 0.230 e. The smallest absolute Gasteiger partial charge is 0.230 e. The van der Waals surface area contributed by atoms with Crippen LogP contribution in [-0.4, -0.2) is 36.3 Å². The van der Waals surface area contributed by atoms with Crippen molar-refractivity contribution in [3.05, 3.63) is 11.2 Å². The number of sulfone groups is 1. The van der Waals surface area contributed by atoms with Crippen LogP contribution < -0.4 is 5.32 Å². The van der Waals surface area contributed by atoms with Crippen molar-refractivity contribution < 1.29 is 12.8 Å². The molecule has 1 fully saturated rings. The number of rotatable bonds is 3. The van der Waals surface area contributed by atoms with Crippen LogP contribution in [-0.2, 0) is 16.9 Å². The first kappa shape index (κ1) is 17.7. The monoisotopic (exact) mass is 345 g/mol. The van der Waals surface area contributed by atoms with Crippen LogP contribution in [0.2, 0.25) is 5.15 Å². The number of aromatic nitrogens is 2. The highest BCUT2D eigenvalue weighted by Gasteiger charge is 2.49. The Balaban J connectivity index is 0.00000200. The molecule has 1 atom stereocenters. The minimum absolute atomic E-state index is 0. The molecule has 5 nitrogen and oxygen atoms in total. The van der Waals surface area contributed by atoms with Gasteiger partial charge >= 0.3 is 0 Å². The predicted octanol–water partition coefficient (Wildman–Crippen LogP) is 1.95. The third kappa shape index (κ3) is 2.95. The van der Waals surface area contributed by atoms with Gasteiger partial charge in [-0.1, -0.05) is 11.6 Å². The van der Waals surface area contributed by atoms with Gasteiger partial charge in [0, 0.05) is 19.0 Å². The number of hydrogen-bond donors (Lipinski definition) is 1. The molecule has 0 bridgehead atoms. The summed E-state index contributed by atoms with van der Waals surface area (Å²) in [7, 11) is -2.68. The minimum Gasteiger partial charge on any atom is -0.317 e. The predicted molar refractivity (Wildman–Crippen MR) is 77.8 cm³/mol. The van der Waals surface area contributed by atoms with E-state index in [0.717, 1.165) is 11.6 Å². The highest BCUT2D eigenvalue weighted by atomic mass is 35.5. The molecule has 1 unspecified atom stereocenters. The van der Waals surface area contributed by atoms with E-state index in [-0.39, 0.29) is 22.6 Å². The molecule has 0 aromatic carbocycles. The maximum absolute atomic E-state index is 14.9. The van der Waals surface area contributed by atoms with Crippen molar-refractivity contribution in [1.82, 2.24) is 15.1 Å². The second-order valence-electron chi connectivity index (χ2n) is 4.94. The van der Waals surface area contributed by atoms with E-state index >= 15 is 0 Å². The lowest BCUT2D eigenvalue weighted by atomic mass is 9.93. The molecule has 1 aromatic rings. The van der Waals surface area contributed by atoms with Crippen molar-refractivity contribution in [2.24, 2.45) is 13.0 Å². The standard InChI is InChI=1S/C11H17ClFN3O2S.ClH/c1-11(13,8-3-5-14-6-4-8)19(17,18)10-7-9(12)15-16(10)2;/h7-8,14H,3-6H2,1-2H3;1H. The molecule has 1 aromatic heterocycles. The number of nitrogens with zero attached hydrogens (tertiary/aromatic N) is 2. The number of piperidine rings is 1. The van der Waals surface area contributed by atoms with Crippen LogP contribution in [0.4, 0.5) is 4.39 Å². The first-order valence-corrected chi connectivity index (χ1v) is 7.96. The summed E-state index contributed by atoms with van der Waals surface area (Å²) in [6, 6.07) is 1.19. The van der Waals surface area contributed by atoms with Gasteiger partial charge < -0.3 is 5.32 Å². The van der Waals surface area contributed by atoms with Gasteiger partial charge in [-0.3, -0.25) is 4.68 Å². The second-order valence-corrected chi connectivity index (χ2v) is 7.55. The zero-order chi connectivity index (χ0) is 14.3. The minimum atomic E-state index is -4.13. The number of halogens is 3. The summed E-state index contributed by atoms with van der Waals surface area (Å²) in [5.74, 6) is -0.521. The van der Waals surface area contributed by atoms with E-state index < -0.39 is 20.8 Å². The number of nitrogens with one attached hydrogen (secondary N) is 1. The molecule has 0 saturated carbocycles. The van der Waals surface area contributed by atoms with Crippen molar-refractivity contribution in [3.8, 4) is 0 Å². The van der Waals surface area contributed by atoms with Gasteiger partial charge in [0.2, 0.25) is 14.8 Å². The fourth-order valence-corrected chi connectivity index (χ4v) is 4.45. The van der Waals surface area contributed by atoms with Crippen LogP contribution in [0.5, 0.6) is 0 Å². The molecule has 20 heavy (non-hydrogen) atoms. The van der Waals surface area contributed by atoms with Crippen LogP contribution in [0.15, 0.2) is 11.1 Å². The summed E-state index contributed by atoms with van der Waals surface area (Å²) in [6.07, 6.45) is 0.996. The van der Waals surface area contributed by atoms with Crippen LogP contribution in [0.1, 0.15) is 19.8 Å². The highest BCUT2D eigenvalue weighted by molar-refractivity contribution is 7.92. The molecular weight excluding hydrogens is 328 g/mol. The average Bonchev–Trinajstić information content (AvgIpc) is 2.70. The molecule has 0 radical (unpaired) electrons. The summed E-state index contributed by atoms with van der Waals surface area (Å²) in [5.41, 5.74) is 0. The number of alkyl halides is 1. The van der Waals surface area contributed by atoms with Gasteiger partial charge in [0.05, 0.1) is 0 Å². The number of aryl methyl sites for hydroxylation is 1. The molecule has 2 rings (SSSR count). The molecular formula is C11H18Cl2FN3O2S. The lowest BCUT2D eigenvalue weighted by Crippen LogP contribution is -2.44. The third-order valence-electron chi connectivity index (χ3n) is 3.68. The van der Waals surface area contributed by atoms with E-state index in [0.29, 0.717) is 25.9 Å². The van der Waals surface area contributed by atoms with Gasteiger partial charge in [-0.15, -0.1) is 12.4 Å². The molecule has 0 spiro atoms. The van der Waals surface area contributed by atoms with E-state index in [4.69, 9.17) is 11.6 Å². The van der Waals surface area contributed by atoms with Gasteiger partial charge in [0.1, 0.15) is 0 Å². The van der Waals surface area contributed by atoms with Gasteiger partial charge in [-0.25, -0.2) is 12.8 Å². The molecule has 2 heterocycles. The summed E-state index contributed by atoms with van der Waals surface area (Å²) >= 11 is 5.68. The molecule has 0 amide bonds. The Bertz CT molecular complexity index is 568. The topological polar surface area (TPSA) is 64.0 Å². The SMILES string of the molecule is Cl.Cn1nc(Cl)cc1S(=O)(=O)C(C)(F)C1CCNCC1. The highest BCUT2D eigenvalue weighted by Crippen LogP contribution is 2.38. The van der Waals surface area contributed by atoms with E-state index in [1.807, 2.05) is 0 Å². The van der Waals surface area contributed by atoms with Crippen molar-refractivity contribution in [3.63, 3.8) is 0 Å². The Labute approximate surface area is 129 Å². The molecule has 9 heteroatoms. The van der Waals surface area contributed by atoms with E-state index in [9.17, 15) is 12.8 Å². The summed E-state index contributed by atoms with van der Waals surface area (Å²) in [6.45, 7) is 2.40. The van der Waals surface area contributed by atoms with Crippen LogP contribution in [0.3, 0.4) is 0 Å². The van der Waals surface area contributed by atoms with Crippen LogP contribution >= 0.6 is 24.0 Å². The Morgan fingerprint density at radius 2 is 2.05 bits per heavy atom. The van der Waals surface area contributed by atoms with E-state index in [1.165, 1.54) is 13.1 Å². The van der Waals surface area contributed by atoms with Gasteiger partial charge in [0.15, 0.2) is 10.2 Å². The Hall–Kier alpha value is -0.370. The molecule has 1 aliphatic heterocycles. The Kier molecular flexibility index (Phi) is 5.46. The lowest BCUT2D eigenvalue weighted by Gasteiger charge is -2.33. The Morgan fingerprint density at radius 3 is 2.50 bits per heavy atom. The average molecular weight is 346 g/mol. The lowest BCUT2D eigenvalue weighted by molar-refractivity contribution is 0.158. The second kappa shape index (κ2) is 6.17. The van der Waals surface area contributed by atoms with Crippen LogP contribution in [0, 0.1) is 5.92 Å². The third-order valence-corrected chi connectivity index (χ3v) is 6.18. The quantitative estimate of drug-likeness (QED) is 0.909. The molecule has 116 valence electrons. The van der Waals surface area contributed by atoms with Crippen molar-refractivity contribution in [2.45, 2.75) is 29.8 Å². The maximum atomic E-state index is 14.9. The first-order chi connectivity index (χ1) is 8.76. The fraction of sp³-hybridized carbons (Fsp3) is 0.727. The van der Waals surface area contributed by atoms with Gasteiger partial charge in [-0.2, -0.15) is 5.10 Å².